The van der Waals surface area contributed by atoms with Gasteiger partial charge in [0.15, 0.2) is 0 Å². The van der Waals surface area contributed by atoms with E-state index in [0.29, 0.717) is 19.3 Å². The van der Waals surface area contributed by atoms with E-state index in [0.717, 1.165) is 32.1 Å². The van der Waals surface area contributed by atoms with Gasteiger partial charge in [0.2, 0.25) is 0 Å². The van der Waals surface area contributed by atoms with Crippen molar-refractivity contribution in [1.29, 1.82) is 0 Å². The van der Waals surface area contributed by atoms with Gasteiger partial charge in [-0.25, -0.2) is 0 Å². The molecule has 0 rings (SSSR count). The number of carboxylic acids is 4. The molecule has 0 spiro atoms. The van der Waals surface area contributed by atoms with Gasteiger partial charge in [-0.15, -0.1) is 0 Å². The van der Waals surface area contributed by atoms with Crippen molar-refractivity contribution in [2.24, 2.45) is 0 Å². The van der Waals surface area contributed by atoms with Crippen LogP contribution in [0.3, 0.4) is 0 Å². The van der Waals surface area contributed by atoms with E-state index in [-0.39, 0.29) is 25.7 Å². The first-order valence-corrected chi connectivity index (χ1v) is 12.2. The van der Waals surface area contributed by atoms with Crippen LogP contribution in [0.2, 0.25) is 0 Å². The summed E-state index contributed by atoms with van der Waals surface area (Å²) in [5, 5.41) is 67.5. The van der Waals surface area contributed by atoms with Gasteiger partial charge in [0.1, 0.15) is 0 Å². The predicted molar refractivity (Wildman–Crippen MR) is 133 cm³/mol. The normalized spacial score (nSPS) is 13.1. The van der Waals surface area contributed by atoms with Crippen molar-refractivity contribution in [2.75, 3.05) is 0 Å². The first-order chi connectivity index (χ1) is 16.6. The largest absolute Gasteiger partial charge is 0.481 e. The molecule has 0 aliphatic rings. The van der Waals surface area contributed by atoms with Gasteiger partial charge in [-0.2, -0.15) is 0 Å². The van der Waals surface area contributed by atoms with Crippen LogP contribution in [0.4, 0.5) is 0 Å². The molecule has 8 N–H and O–H groups in total. The second-order valence-corrected chi connectivity index (χ2v) is 8.25. The van der Waals surface area contributed by atoms with Gasteiger partial charge in [-0.3, -0.25) is 19.2 Å². The van der Waals surface area contributed by atoms with Gasteiger partial charge in [0.05, 0.1) is 50.1 Å². The summed E-state index contributed by atoms with van der Waals surface area (Å²) in [6.45, 7) is 7.26. The second-order valence-electron chi connectivity index (χ2n) is 8.25. The van der Waals surface area contributed by atoms with Crippen molar-refractivity contribution in [2.45, 2.75) is 129 Å². The fourth-order valence-corrected chi connectivity index (χ4v) is 2.28. The highest BCUT2D eigenvalue weighted by molar-refractivity contribution is 5.68. The molecule has 4 unspecified atom stereocenters. The van der Waals surface area contributed by atoms with Crippen LogP contribution in [0, 0.1) is 0 Å². The number of aliphatic carboxylic acids is 4. The Balaban J connectivity index is -0.000000192. The second kappa shape index (κ2) is 29.0. The third kappa shape index (κ3) is 49.0. The first kappa shape index (κ1) is 40.9. The van der Waals surface area contributed by atoms with Gasteiger partial charge in [-0.1, -0.05) is 52.9 Å². The van der Waals surface area contributed by atoms with E-state index in [4.69, 9.17) is 40.9 Å². The molecule has 0 bridgehead atoms. The quantitative estimate of drug-likeness (QED) is 0.135. The number of aliphatic hydroxyl groups excluding tert-OH is 4. The highest BCUT2D eigenvalue weighted by atomic mass is 16.4. The molecule has 4 atom stereocenters. The van der Waals surface area contributed by atoms with Gasteiger partial charge in [0.25, 0.3) is 0 Å². The van der Waals surface area contributed by atoms with Gasteiger partial charge < -0.3 is 40.9 Å². The van der Waals surface area contributed by atoms with Crippen molar-refractivity contribution >= 4 is 23.9 Å². The minimum Gasteiger partial charge on any atom is -0.481 e. The molecule has 0 aromatic heterocycles. The van der Waals surface area contributed by atoms with Crippen LogP contribution < -0.4 is 0 Å². The molecule has 0 aliphatic carbocycles. The van der Waals surface area contributed by atoms with Gasteiger partial charge in [-0.05, 0) is 26.2 Å². The molecule has 216 valence electrons. The Labute approximate surface area is 213 Å². The van der Waals surface area contributed by atoms with Crippen molar-refractivity contribution < 1.29 is 60.0 Å². The van der Waals surface area contributed by atoms with Crippen LogP contribution in [0.15, 0.2) is 0 Å². The zero-order valence-corrected chi connectivity index (χ0v) is 22.0. The van der Waals surface area contributed by atoms with Crippen LogP contribution in [0.5, 0.6) is 0 Å². The van der Waals surface area contributed by atoms with Crippen LogP contribution in [0.25, 0.3) is 0 Å². The number of hydrogen-bond donors (Lipinski definition) is 8. The molecule has 0 amide bonds. The number of hydrogen-bond acceptors (Lipinski definition) is 8. The fraction of sp³-hybridized carbons (Fsp3) is 0.833. The molecular formula is C24H48O12. The molecule has 0 aromatic carbocycles. The average Bonchev–Trinajstić information content (AvgIpc) is 2.71. The molecule has 0 saturated heterocycles. The van der Waals surface area contributed by atoms with Crippen LogP contribution in [0.1, 0.15) is 105 Å². The van der Waals surface area contributed by atoms with Crippen molar-refractivity contribution in [3.8, 4) is 0 Å². The Morgan fingerprint density at radius 3 is 1.08 bits per heavy atom. The Morgan fingerprint density at radius 1 is 0.528 bits per heavy atom. The zero-order chi connectivity index (χ0) is 29.1. The highest BCUT2D eigenvalue weighted by Gasteiger charge is 2.08. The molecule has 0 heterocycles. The van der Waals surface area contributed by atoms with E-state index >= 15 is 0 Å². The van der Waals surface area contributed by atoms with Crippen molar-refractivity contribution in [3.05, 3.63) is 0 Å². The van der Waals surface area contributed by atoms with E-state index in [1.165, 1.54) is 6.92 Å². The Morgan fingerprint density at radius 2 is 0.861 bits per heavy atom. The van der Waals surface area contributed by atoms with Crippen LogP contribution in [-0.2, 0) is 19.2 Å². The Hall–Kier alpha value is -2.28. The lowest BCUT2D eigenvalue weighted by Gasteiger charge is -2.05. The van der Waals surface area contributed by atoms with E-state index in [9.17, 15) is 19.2 Å². The summed E-state index contributed by atoms with van der Waals surface area (Å²) in [6, 6.07) is 0. The summed E-state index contributed by atoms with van der Waals surface area (Å²) >= 11 is 0. The van der Waals surface area contributed by atoms with E-state index < -0.39 is 48.3 Å². The Kier molecular flexibility index (Phi) is 32.9. The summed E-state index contributed by atoms with van der Waals surface area (Å²) in [5.74, 6) is -3.76. The lowest BCUT2D eigenvalue weighted by Crippen LogP contribution is -2.12. The van der Waals surface area contributed by atoms with E-state index in [1.807, 2.05) is 6.92 Å². The monoisotopic (exact) mass is 528 g/mol. The molecule has 0 saturated carbocycles. The molecule has 36 heavy (non-hydrogen) atoms. The molecule has 0 aromatic rings. The SMILES string of the molecule is CC(O)CC(=O)O.CCC(O)CC(=O)O.CCCCC(O)CC(=O)O.CCCCCC(O)CC(=O)O. The number of unbranched alkanes of at least 4 members (excludes halogenated alkanes) is 3. The lowest BCUT2D eigenvalue weighted by molar-refractivity contribution is -0.140. The lowest BCUT2D eigenvalue weighted by atomic mass is 10.1. The topological polar surface area (TPSA) is 230 Å². The maximum atomic E-state index is 10.1. The van der Waals surface area contributed by atoms with E-state index in [2.05, 4.69) is 6.92 Å². The van der Waals surface area contributed by atoms with Gasteiger partial charge >= 0.3 is 23.9 Å². The third-order valence-electron chi connectivity index (χ3n) is 4.20. The molecule has 0 fully saturated rings. The number of rotatable bonds is 16. The van der Waals surface area contributed by atoms with Gasteiger partial charge in [0, 0.05) is 0 Å². The molecular weight excluding hydrogens is 480 g/mol. The number of carbonyl (C=O) groups is 4. The maximum Gasteiger partial charge on any atom is 0.305 e. The Bertz CT molecular complexity index is 551. The molecule has 0 radical (unpaired) electrons. The van der Waals surface area contributed by atoms with E-state index in [1.54, 1.807) is 6.92 Å². The van der Waals surface area contributed by atoms with Crippen LogP contribution in [-0.4, -0.2) is 89.1 Å². The zero-order valence-electron chi connectivity index (χ0n) is 22.0. The standard InChI is InChI=1S/C8H16O3.C7H14O3.C5H10O3.C4H8O3/c1-2-3-4-5-7(9)6-8(10)11;1-2-3-4-6(8)5-7(9)10;1-2-4(6)3-5(7)8;1-3(5)2-4(6)7/h7,9H,2-6H2,1H3,(H,10,11);6,8H,2-5H2,1H3,(H,9,10);4,6H,2-3H2,1H3,(H,7,8);3,5H,2H2,1H3,(H,6,7). The fourth-order valence-electron chi connectivity index (χ4n) is 2.28. The molecule has 12 heteroatoms. The average molecular weight is 529 g/mol. The summed E-state index contributed by atoms with van der Waals surface area (Å²) in [7, 11) is 0. The highest BCUT2D eigenvalue weighted by Crippen LogP contribution is 2.06. The number of aliphatic hydroxyl groups is 4. The summed E-state index contributed by atoms with van der Waals surface area (Å²) < 4.78 is 0. The first-order valence-electron chi connectivity index (χ1n) is 12.2. The predicted octanol–water partition coefficient (Wildman–Crippen LogP) is 2.49. The molecule has 0 aliphatic heterocycles. The minimum atomic E-state index is -0.963. The third-order valence-corrected chi connectivity index (χ3v) is 4.20. The van der Waals surface area contributed by atoms with Crippen LogP contribution >= 0.6 is 0 Å². The molecule has 12 nitrogen and oxygen atoms in total. The van der Waals surface area contributed by atoms with Crippen molar-refractivity contribution in [3.63, 3.8) is 0 Å². The summed E-state index contributed by atoms with van der Waals surface area (Å²) in [6.07, 6.45) is 3.43. The number of carboxylic acid groups (broad SMARTS) is 4. The minimum absolute atomic E-state index is 0.121. The maximum absolute atomic E-state index is 10.1. The summed E-state index contributed by atoms with van der Waals surface area (Å²) in [4.78, 5) is 39.6. The van der Waals surface area contributed by atoms with Crippen molar-refractivity contribution in [1.82, 2.24) is 0 Å². The smallest absolute Gasteiger partial charge is 0.305 e. The summed E-state index contributed by atoms with van der Waals surface area (Å²) in [5.41, 5.74) is 0.